The van der Waals surface area contributed by atoms with Crippen molar-refractivity contribution in [2.24, 2.45) is 0 Å². The molecule has 1 aromatic carbocycles. The molecule has 0 fully saturated rings. The molecule has 0 spiro atoms. The first-order valence-corrected chi connectivity index (χ1v) is 5.83. The van der Waals surface area contributed by atoms with E-state index in [9.17, 15) is 0 Å². The van der Waals surface area contributed by atoms with Crippen molar-refractivity contribution in [2.45, 2.75) is 6.42 Å². The maximum Gasteiger partial charge on any atom is 0.0399 e. The van der Waals surface area contributed by atoms with Crippen molar-refractivity contribution >= 4 is 28.3 Å². The van der Waals surface area contributed by atoms with Crippen LogP contribution in [0.1, 0.15) is 5.56 Å². The fourth-order valence-electron chi connectivity index (χ4n) is 1.74. The number of anilines is 1. The lowest BCUT2D eigenvalue weighted by Crippen LogP contribution is -2.22. The lowest BCUT2D eigenvalue weighted by atomic mass is 10.2. The highest BCUT2D eigenvalue weighted by Crippen LogP contribution is 2.26. The van der Waals surface area contributed by atoms with Crippen LogP contribution < -0.4 is 4.90 Å². The average molecular weight is 273 g/mol. The van der Waals surface area contributed by atoms with Crippen molar-refractivity contribution in [1.82, 2.24) is 0 Å². The van der Waals surface area contributed by atoms with Gasteiger partial charge in [-0.2, -0.15) is 0 Å². The van der Waals surface area contributed by atoms with Gasteiger partial charge in [0.1, 0.15) is 0 Å². The minimum atomic E-state index is 1.19. The first-order chi connectivity index (χ1) is 5.92. The Labute approximate surface area is 86.9 Å². The second kappa shape index (κ2) is 3.64. The van der Waals surface area contributed by atoms with Crippen LogP contribution in [0.25, 0.3) is 0 Å². The molecular weight excluding hydrogens is 261 g/mol. The van der Waals surface area contributed by atoms with Gasteiger partial charge in [-0.15, -0.1) is 0 Å². The van der Waals surface area contributed by atoms with Crippen LogP contribution in [-0.4, -0.2) is 17.5 Å². The minimum absolute atomic E-state index is 1.19. The van der Waals surface area contributed by atoms with Crippen molar-refractivity contribution in [3.8, 4) is 0 Å². The molecule has 0 aliphatic carbocycles. The topological polar surface area (TPSA) is 3.24 Å². The number of rotatable bonds is 2. The number of hydrogen-bond acceptors (Lipinski definition) is 1. The average Bonchev–Trinajstić information content (AvgIpc) is 2.50. The number of benzene rings is 1. The second-order valence-electron chi connectivity index (χ2n) is 3.05. The van der Waals surface area contributed by atoms with E-state index in [4.69, 9.17) is 0 Å². The van der Waals surface area contributed by atoms with Crippen LogP contribution in [0.5, 0.6) is 0 Å². The third kappa shape index (κ3) is 1.44. The zero-order valence-corrected chi connectivity index (χ0v) is 9.12. The van der Waals surface area contributed by atoms with Crippen molar-refractivity contribution < 1.29 is 0 Å². The van der Waals surface area contributed by atoms with Crippen LogP contribution in [0.3, 0.4) is 0 Å². The Morgan fingerprint density at radius 1 is 1.33 bits per heavy atom. The Morgan fingerprint density at radius 2 is 2.17 bits per heavy atom. The Hall–Kier alpha value is -0.250. The highest BCUT2D eigenvalue weighted by Gasteiger charge is 2.16. The molecule has 0 amide bonds. The molecule has 0 bridgehead atoms. The molecule has 0 unspecified atom stereocenters. The summed E-state index contributed by atoms with van der Waals surface area (Å²) in [6.07, 6.45) is 1.23. The predicted octanol–water partition coefficient (Wildman–Crippen LogP) is 2.48. The molecule has 1 aliphatic rings. The number of halogens is 1. The van der Waals surface area contributed by atoms with E-state index in [-0.39, 0.29) is 0 Å². The highest BCUT2D eigenvalue weighted by atomic mass is 127. The van der Waals surface area contributed by atoms with Gasteiger partial charge in [0.15, 0.2) is 0 Å². The summed E-state index contributed by atoms with van der Waals surface area (Å²) in [4.78, 5) is 2.47. The molecule has 2 rings (SSSR count). The van der Waals surface area contributed by atoms with Gasteiger partial charge >= 0.3 is 0 Å². The van der Waals surface area contributed by atoms with Crippen LogP contribution in [0.15, 0.2) is 24.3 Å². The monoisotopic (exact) mass is 273 g/mol. The summed E-state index contributed by atoms with van der Waals surface area (Å²) in [5.74, 6) is 0. The Bertz CT molecular complexity index is 270. The molecule has 1 aliphatic heterocycles. The van der Waals surface area contributed by atoms with Gasteiger partial charge in [-0.05, 0) is 18.1 Å². The van der Waals surface area contributed by atoms with Gasteiger partial charge < -0.3 is 4.90 Å². The zero-order chi connectivity index (χ0) is 8.39. The minimum Gasteiger partial charge on any atom is -0.370 e. The van der Waals surface area contributed by atoms with Crippen LogP contribution in [0.2, 0.25) is 0 Å². The smallest absolute Gasteiger partial charge is 0.0399 e. The van der Waals surface area contributed by atoms with Gasteiger partial charge in [-0.1, -0.05) is 40.8 Å². The van der Waals surface area contributed by atoms with E-state index >= 15 is 0 Å². The van der Waals surface area contributed by atoms with Gasteiger partial charge in [0.25, 0.3) is 0 Å². The number of hydrogen-bond donors (Lipinski definition) is 0. The van der Waals surface area contributed by atoms with E-state index in [0.29, 0.717) is 0 Å². The van der Waals surface area contributed by atoms with Gasteiger partial charge in [-0.3, -0.25) is 0 Å². The van der Waals surface area contributed by atoms with Crippen molar-refractivity contribution in [2.75, 3.05) is 22.4 Å². The number of nitrogens with zero attached hydrogens (tertiary/aromatic N) is 1. The van der Waals surface area contributed by atoms with Crippen LogP contribution >= 0.6 is 22.6 Å². The number of para-hydroxylation sites is 1. The van der Waals surface area contributed by atoms with E-state index in [2.05, 4.69) is 51.8 Å². The predicted molar refractivity (Wildman–Crippen MR) is 61.2 cm³/mol. The number of fused-ring (bicyclic) bond motifs is 1. The third-order valence-corrected chi connectivity index (χ3v) is 2.82. The fraction of sp³-hybridized carbons (Fsp3) is 0.400. The van der Waals surface area contributed by atoms with Crippen LogP contribution in [0, 0.1) is 0 Å². The third-order valence-electron chi connectivity index (χ3n) is 2.34. The Morgan fingerprint density at radius 3 is 3.00 bits per heavy atom. The SMILES string of the molecule is ICCN1CCc2ccccc21. The molecule has 0 N–H and O–H groups in total. The summed E-state index contributed by atoms with van der Waals surface area (Å²) in [5, 5.41) is 0. The van der Waals surface area contributed by atoms with Crippen molar-refractivity contribution in [3.63, 3.8) is 0 Å². The molecule has 2 heteroatoms. The number of alkyl halides is 1. The molecule has 64 valence electrons. The molecule has 0 saturated heterocycles. The van der Waals surface area contributed by atoms with Crippen molar-refractivity contribution in [1.29, 1.82) is 0 Å². The molecule has 0 atom stereocenters. The largest absolute Gasteiger partial charge is 0.370 e. The van der Waals surface area contributed by atoms with E-state index < -0.39 is 0 Å². The molecule has 1 aromatic rings. The van der Waals surface area contributed by atoms with Crippen LogP contribution in [-0.2, 0) is 6.42 Å². The van der Waals surface area contributed by atoms with E-state index in [1.807, 2.05) is 0 Å². The Kier molecular flexibility index (Phi) is 2.54. The highest BCUT2D eigenvalue weighted by molar-refractivity contribution is 14.1. The quantitative estimate of drug-likeness (QED) is 0.591. The summed E-state index contributed by atoms with van der Waals surface area (Å²) in [7, 11) is 0. The first kappa shape index (κ1) is 8.35. The lowest BCUT2D eigenvalue weighted by Gasteiger charge is -2.17. The van der Waals surface area contributed by atoms with Gasteiger partial charge in [0.05, 0.1) is 0 Å². The zero-order valence-electron chi connectivity index (χ0n) is 6.96. The maximum absolute atomic E-state index is 2.47. The first-order valence-electron chi connectivity index (χ1n) is 4.30. The normalized spacial score (nSPS) is 14.9. The lowest BCUT2D eigenvalue weighted by molar-refractivity contribution is 0.879. The molecular formula is C10H12IN. The summed E-state index contributed by atoms with van der Waals surface area (Å²) in [5.41, 5.74) is 2.97. The van der Waals surface area contributed by atoms with Crippen molar-refractivity contribution in [3.05, 3.63) is 29.8 Å². The standard InChI is InChI=1S/C10H12IN/c11-6-8-12-7-5-9-3-1-2-4-10(9)12/h1-4H,5-8H2. The van der Waals surface area contributed by atoms with E-state index in [1.165, 1.54) is 35.2 Å². The van der Waals surface area contributed by atoms with Crippen LogP contribution in [0.4, 0.5) is 5.69 Å². The summed E-state index contributed by atoms with van der Waals surface area (Å²) in [6.45, 7) is 2.40. The molecule has 0 aromatic heterocycles. The van der Waals surface area contributed by atoms with E-state index in [0.717, 1.165) is 0 Å². The summed E-state index contributed by atoms with van der Waals surface area (Å²) < 4.78 is 1.21. The molecule has 1 heterocycles. The van der Waals surface area contributed by atoms with Gasteiger partial charge in [0.2, 0.25) is 0 Å². The summed E-state index contributed by atoms with van der Waals surface area (Å²) in [6, 6.07) is 8.73. The molecule has 0 radical (unpaired) electrons. The molecule has 0 saturated carbocycles. The maximum atomic E-state index is 2.47. The summed E-state index contributed by atoms with van der Waals surface area (Å²) >= 11 is 2.43. The molecule has 1 nitrogen and oxygen atoms in total. The fourth-order valence-corrected chi connectivity index (χ4v) is 2.32. The molecule has 12 heavy (non-hydrogen) atoms. The van der Waals surface area contributed by atoms with E-state index in [1.54, 1.807) is 0 Å². The van der Waals surface area contributed by atoms with Gasteiger partial charge in [-0.25, -0.2) is 0 Å². The Balaban J connectivity index is 2.24. The van der Waals surface area contributed by atoms with Gasteiger partial charge in [0, 0.05) is 23.2 Å². The second-order valence-corrected chi connectivity index (χ2v) is 4.13.